The summed E-state index contributed by atoms with van der Waals surface area (Å²) >= 11 is 0. The summed E-state index contributed by atoms with van der Waals surface area (Å²) in [7, 11) is 0. The highest BCUT2D eigenvalue weighted by molar-refractivity contribution is 6.00. The number of nitrogens with zero attached hydrogens (tertiary/aromatic N) is 3. The molecule has 0 amide bonds. The molecule has 0 saturated carbocycles. The number of rotatable bonds is 2. The molecule has 0 unspecified atom stereocenters. The second-order valence-electron chi connectivity index (χ2n) is 2.60. The molecule has 1 N–H and O–H groups in total. The van der Waals surface area contributed by atoms with Crippen LogP contribution < -0.4 is 0 Å². The standard InChI is InChI=1S/C9H12N4/c1-3-5-11-7(2)8-4-6-12-13-9(8)10/h4-6,10H,3H2,1-2H3/b8-7-,10-9?,11-5?. The number of hydrogen-bond donors (Lipinski definition) is 1. The first kappa shape index (κ1) is 9.51. The molecular formula is C9H12N4. The van der Waals surface area contributed by atoms with Crippen LogP contribution in [0.1, 0.15) is 20.3 Å². The van der Waals surface area contributed by atoms with Gasteiger partial charge in [-0.1, -0.05) is 6.92 Å². The van der Waals surface area contributed by atoms with Crippen molar-refractivity contribution in [2.45, 2.75) is 20.3 Å². The maximum absolute atomic E-state index is 7.47. The molecule has 0 aromatic carbocycles. The predicted octanol–water partition coefficient (Wildman–Crippen LogP) is 2.70. The molecule has 0 aromatic heterocycles. The van der Waals surface area contributed by atoms with Gasteiger partial charge in [-0.15, -0.1) is 5.11 Å². The van der Waals surface area contributed by atoms with Crippen LogP contribution in [-0.2, 0) is 0 Å². The molecule has 4 heteroatoms. The second kappa shape index (κ2) is 4.45. The van der Waals surface area contributed by atoms with Crippen LogP contribution >= 0.6 is 0 Å². The number of nitrogens with one attached hydrogen (secondary N) is 1. The third kappa shape index (κ3) is 2.43. The third-order valence-corrected chi connectivity index (χ3v) is 1.58. The van der Waals surface area contributed by atoms with Gasteiger partial charge < -0.3 is 0 Å². The molecule has 0 saturated heterocycles. The smallest absolute Gasteiger partial charge is 0.176 e. The van der Waals surface area contributed by atoms with Gasteiger partial charge in [-0.25, -0.2) is 0 Å². The zero-order chi connectivity index (χ0) is 9.68. The van der Waals surface area contributed by atoms with Crippen LogP contribution in [0.15, 0.2) is 38.8 Å². The minimum atomic E-state index is 0.174. The highest BCUT2D eigenvalue weighted by atomic mass is 15.1. The quantitative estimate of drug-likeness (QED) is 0.629. The monoisotopic (exact) mass is 176 g/mol. The Bertz CT molecular complexity index is 321. The molecule has 4 nitrogen and oxygen atoms in total. The molecule has 0 aliphatic carbocycles. The van der Waals surface area contributed by atoms with Crippen molar-refractivity contribution in [3.05, 3.63) is 23.5 Å². The molecule has 1 aliphatic rings. The van der Waals surface area contributed by atoms with Crippen molar-refractivity contribution in [2.24, 2.45) is 15.2 Å². The van der Waals surface area contributed by atoms with Crippen molar-refractivity contribution in [2.75, 3.05) is 0 Å². The Balaban J connectivity index is 2.90. The highest BCUT2D eigenvalue weighted by Gasteiger charge is 2.06. The van der Waals surface area contributed by atoms with Gasteiger partial charge >= 0.3 is 0 Å². The first-order chi connectivity index (χ1) is 6.25. The maximum Gasteiger partial charge on any atom is 0.176 e. The molecular weight excluding hydrogens is 164 g/mol. The van der Waals surface area contributed by atoms with Gasteiger partial charge in [0.15, 0.2) is 5.84 Å². The van der Waals surface area contributed by atoms with E-state index < -0.39 is 0 Å². The van der Waals surface area contributed by atoms with E-state index in [0.29, 0.717) is 0 Å². The lowest BCUT2D eigenvalue weighted by Gasteiger charge is -2.03. The summed E-state index contributed by atoms with van der Waals surface area (Å²) in [6.07, 6.45) is 6.02. The number of azo groups is 1. The first-order valence-electron chi connectivity index (χ1n) is 4.15. The SMILES string of the molecule is CCC=N/C(C)=C1/C=CN=NC1=N. The van der Waals surface area contributed by atoms with Gasteiger partial charge in [0.25, 0.3) is 0 Å². The third-order valence-electron chi connectivity index (χ3n) is 1.58. The van der Waals surface area contributed by atoms with Crippen molar-refractivity contribution < 1.29 is 0 Å². The Morgan fingerprint density at radius 3 is 3.08 bits per heavy atom. The number of aliphatic imine (C=N–C) groups is 1. The van der Waals surface area contributed by atoms with Crippen LogP contribution in [0.3, 0.4) is 0 Å². The molecule has 0 bridgehead atoms. The summed E-state index contributed by atoms with van der Waals surface area (Å²) in [4.78, 5) is 4.18. The minimum absolute atomic E-state index is 0.174. The minimum Gasteiger partial charge on any atom is -0.281 e. The highest BCUT2D eigenvalue weighted by Crippen LogP contribution is 2.13. The van der Waals surface area contributed by atoms with Crippen molar-refractivity contribution in [3.8, 4) is 0 Å². The van der Waals surface area contributed by atoms with E-state index in [1.54, 1.807) is 12.3 Å². The fraction of sp³-hybridized carbons (Fsp3) is 0.333. The summed E-state index contributed by atoms with van der Waals surface area (Å²) in [5.74, 6) is 0.174. The molecule has 0 atom stereocenters. The van der Waals surface area contributed by atoms with Crippen molar-refractivity contribution in [1.82, 2.24) is 0 Å². The van der Waals surface area contributed by atoms with Gasteiger partial charge in [-0.2, -0.15) is 5.11 Å². The fourth-order valence-electron chi connectivity index (χ4n) is 0.921. The average molecular weight is 176 g/mol. The number of allylic oxidation sites excluding steroid dienone is 1. The zero-order valence-electron chi connectivity index (χ0n) is 7.78. The largest absolute Gasteiger partial charge is 0.281 e. The van der Waals surface area contributed by atoms with Crippen LogP contribution in [0.5, 0.6) is 0 Å². The molecule has 13 heavy (non-hydrogen) atoms. The summed E-state index contributed by atoms with van der Waals surface area (Å²) < 4.78 is 0. The second-order valence-corrected chi connectivity index (χ2v) is 2.60. The lowest BCUT2D eigenvalue weighted by molar-refractivity contribution is 1.17. The maximum atomic E-state index is 7.47. The van der Waals surface area contributed by atoms with Crippen molar-refractivity contribution in [1.29, 1.82) is 5.41 Å². The number of hydrogen-bond acceptors (Lipinski definition) is 3. The summed E-state index contributed by atoms with van der Waals surface area (Å²) in [5, 5.41) is 14.7. The Morgan fingerprint density at radius 1 is 1.69 bits per heavy atom. The summed E-state index contributed by atoms with van der Waals surface area (Å²) in [6.45, 7) is 3.88. The van der Waals surface area contributed by atoms with E-state index in [1.165, 1.54) is 0 Å². The van der Waals surface area contributed by atoms with E-state index in [1.807, 2.05) is 20.1 Å². The van der Waals surface area contributed by atoms with Gasteiger partial charge in [0.1, 0.15) is 0 Å². The fourth-order valence-corrected chi connectivity index (χ4v) is 0.921. The molecule has 1 aliphatic heterocycles. The normalized spacial score (nSPS) is 20.0. The lowest BCUT2D eigenvalue weighted by Crippen LogP contribution is -1.99. The van der Waals surface area contributed by atoms with E-state index in [9.17, 15) is 0 Å². The predicted molar refractivity (Wildman–Crippen MR) is 53.2 cm³/mol. The first-order valence-corrected chi connectivity index (χ1v) is 4.15. The molecule has 0 fully saturated rings. The summed E-state index contributed by atoms with van der Waals surface area (Å²) in [6, 6.07) is 0. The van der Waals surface area contributed by atoms with Crippen molar-refractivity contribution in [3.63, 3.8) is 0 Å². The van der Waals surface area contributed by atoms with Gasteiger partial charge in [-0.3, -0.25) is 10.4 Å². The van der Waals surface area contributed by atoms with Gasteiger partial charge in [0, 0.05) is 17.5 Å². The van der Waals surface area contributed by atoms with E-state index in [0.717, 1.165) is 17.7 Å². The van der Waals surface area contributed by atoms with Gasteiger partial charge in [0.05, 0.1) is 6.20 Å². The van der Waals surface area contributed by atoms with Gasteiger partial charge in [-0.05, 0) is 19.4 Å². The van der Waals surface area contributed by atoms with Gasteiger partial charge in [0.2, 0.25) is 0 Å². The summed E-state index contributed by atoms with van der Waals surface area (Å²) in [5.41, 5.74) is 1.54. The van der Waals surface area contributed by atoms with Crippen LogP contribution in [0.2, 0.25) is 0 Å². The van der Waals surface area contributed by atoms with Crippen molar-refractivity contribution >= 4 is 12.1 Å². The topological polar surface area (TPSA) is 60.9 Å². The van der Waals surface area contributed by atoms with E-state index in [4.69, 9.17) is 5.41 Å². The number of amidine groups is 1. The zero-order valence-corrected chi connectivity index (χ0v) is 7.78. The van der Waals surface area contributed by atoms with E-state index in [-0.39, 0.29) is 5.84 Å². The average Bonchev–Trinajstić information content (AvgIpc) is 2.15. The Morgan fingerprint density at radius 2 is 2.46 bits per heavy atom. The molecule has 1 heterocycles. The molecule has 0 spiro atoms. The van der Waals surface area contributed by atoms with Crippen LogP contribution in [0.4, 0.5) is 0 Å². The Labute approximate surface area is 77.3 Å². The lowest BCUT2D eigenvalue weighted by atomic mass is 10.2. The van der Waals surface area contributed by atoms with Crippen LogP contribution in [-0.4, -0.2) is 12.1 Å². The Hall–Kier alpha value is -1.58. The molecule has 0 radical (unpaired) electrons. The Kier molecular flexibility index (Phi) is 3.25. The molecule has 0 aromatic rings. The van der Waals surface area contributed by atoms with Crippen LogP contribution in [0.25, 0.3) is 0 Å². The molecule has 1 rings (SSSR count). The van der Waals surface area contributed by atoms with E-state index >= 15 is 0 Å². The van der Waals surface area contributed by atoms with E-state index in [2.05, 4.69) is 15.2 Å². The molecule has 68 valence electrons. The van der Waals surface area contributed by atoms with Crippen LogP contribution in [0, 0.1) is 5.41 Å².